The maximum atomic E-state index is 3.88. The molecule has 0 aromatic heterocycles. The molecule has 3 nitrogen and oxygen atoms in total. The Bertz CT molecular complexity index is 291. The molecule has 0 atom stereocenters. The van der Waals surface area contributed by atoms with Gasteiger partial charge in [0.05, 0.1) is 39.3 Å². The quantitative estimate of drug-likeness (QED) is 0.338. The molecular weight excluding hydrogens is 290 g/mol. The Labute approximate surface area is 140 Å². The van der Waals surface area contributed by atoms with Gasteiger partial charge in [-0.15, -0.1) is 39.5 Å². The molecule has 0 N–H and O–H groups in total. The van der Waals surface area contributed by atoms with E-state index in [0.717, 1.165) is 39.3 Å². The predicted octanol–water partition coefficient (Wildman–Crippen LogP) is 3.37. The summed E-state index contributed by atoms with van der Waals surface area (Å²) in [6.45, 7) is 28.0. The largest absolute Gasteiger partial charge is 0.269 e. The Morgan fingerprint density at radius 1 is 0.455 bits per heavy atom. The van der Waals surface area contributed by atoms with E-state index in [0.29, 0.717) is 0 Å². The van der Waals surface area contributed by atoms with Crippen molar-refractivity contribution in [3.63, 3.8) is 0 Å². The van der Waals surface area contributed by atoms with E-state index in [1.54, 1.807) is 0 Å². The standard InChI is InChI=1S/C18H30N3S/c1-7-13-19(14-8-2)22(20(15-9-3)16-10-4)21(17-11-5)18-12-6/h7-12H,1-6,13-18H2/q+1. The van der Waals surface area contributed by atoms with Crippen LogP contribution < -0.4 is 0 Å². The second-order valence-corrected chi connectivity index (χ2v) is 6.56. The van der Waals surface area contributed by atoms with Crippen LogP contribution in [0.2, 0.25) is 0 Å². The molecule has 0 heterocycles. The van der Waals surface area contributed by atoms with Crippen LogP contribution in [0, 0.1) is 0 Å². The van der Waals surface area contributed by atoms with Crippen molar-refractivity contribution >= 4 is 11.5 Å². The average Bonchev–Trinajstić information content (AvgIpc) is 2.49. The molecule has 0 amide bonds. The lowest BCUT2D eigenvalue weighted by atomic mass is 10.5. The number of hydrogen-bond acceptors (Lipinski definition) is 3. The zero-order valence-electron chi connectivity index (χ0n) is 13.7. The summed E-state index contributed by atoms with van der Waals surface area (Å²) in [5.74, 6) is 0. The van der Waals surface area contributed by atoms with Gasteiger partial charge in [0.2, 0.25) is 0 Å². The third-order valence-electron chi connectivity index (χ3n) is 2.69. The van der Waals surface area contributed by atoms with Crippen LogP contribution in [0.25, 0.3) is 0 Å². The van der Waals surface area contributed by atoms with Crippen LogP contribution in [-0.2, 0) is 11.5 Å². The molecule has 122 valence electrons. The maximum absolute atomic E-state index is 3.88. The topological polar surface area (TPSA) is 9.72 Å². The molecule has 0 radical (unpaired) electrons. The first-order valence-corrected chi connectivity index (χ1v) is 8.44. The second kappa shape index (κ2) is 13.3. The fourth-order valence-corrected chi connectivity index (χ4v) is 4.39. The van der Waals surface area contributed by atoms with Crippen molar-refractivity contribution in [2.24, 2.45) is 0 Å². The second-order valence-electron chi connectivity index (χ2n) is 4.52. The van der Waals surface area contributed by atoms with Gasteiger partial charge in [-0.25, -0.2) is 0 Å². The van der Waals surface area contributed by atoms with Crippen LogP contribution in [0.4, 0.5) is 0 Å². The van der Waals surface area contributed by atoms with Crippen LogP contribution >= 0.6 is 0 Å². The number of nitrogens with zero attached hydrogens (tertiary/aromatic N) is 3. The van der Waals surface area contributed by atoms with Crippen LogP contribution in [0.3, 0.4) is 0 Å². The highest BCUT2D eigenvalue weighted by Crippen LogP contribution is 2.18. The fourth-order valence-electron chi connectivity index (χ4n) is 1.98. The van der Waals surface area contributed by atoms with Crippen molar-refractivity contribution in [1.82, 2.24) is 12.9 Å². The molecule has 0 spiro atoms. The van der Waals surface area contributed by atoms with Crippen LogP contribution in [-0.4, -0.2) is 52.2 Å². The predicted molar refractivity (Wildman–Crippen MR) is 103 cm³/mol. The smallest absolute Gasteiger partial charge is 0.102 e. The van der Waals surface area contributed by atoms with E-state index in [1.807, 2.05) is 36.5 Å². The van der Waals surface area contributed by atoms with Crippen molar-refractivity contribution in [1.29, 1.82) is 0 Å². The summed E-state index contributed by atoms with van der Waals surface area (Å²) in [5.41, 5.74) is 0. The first kappa shape index (κ1) is 20.7. The normalized spacial score (nSPS) is 10.9. The Hall–Kier alpha value is -1.33. The highest BCUT2D eigenvalue weighted by molar-refractivity contribution is 7.90. The summed E-state index contributed by atoms with van der Waals surface area (Å²) < 4.78 is 7.00. The Kier molecular flexibility index (Phi) is 12.5. The number of rotatable bonds is 15. The highest BCUT2D eigenvalue weighted by Gasteiger charge is 2.40. The first-order chi connectivity index (χ1) is 10.7. The molecule has 0 bridgehead atoms. The highest BCUT2D eigenvalue weighted by atomic mass is 32.2. The van der Waals surface area contributed by atoms with Gasteiger partial charge in [0.25, 0.3) is 11.5 Å². The van der Waals surface area contributed by atoms with Crippen molar-refractivity contribution in [3.05, 3.63) is 75.9 Å². The van der Waals surface area contributed by atoms with Gasteiger partial charge >= 0.3 is 0 Å². The summed E-state index contributed by atoms with van der Waals surface area (Å²) >= 11 is -0.265. The Balaban J connectivity index is 5.61. The van der Waals surface area contributed by atoms with Gasteiger partial charge < -0.3 is 0 Å². The van der Waals surface area contributed by atoms with Crippen LogP contribution in [0.1, 0.15) is 0 Å². The van der Waals surface area contributed by atoms with Crippen molar-refractivity contribution in [3.8, 4) is 0 Å². The fraction of sp³-hybridized carbons (Fsp3) is 0.333. The summed E-state index contributed by atoms with van der Waals surface area (Å²) in [7, 11) is 0. The third kappa shape index (κ3) is 7.09. The van der Waals surface area contributed by atoms with Crippen molar-refractivity contribution < 1.29 is 0 Å². The van der Waals surface area contributed by atoms with Gasteiger partial charge in [-0.2, -0.15) is 0 Å². The molecule has 0 fully saturated rings. The molecule has 0 aliphatic heterocycles. The summed E-state index contributed by atoms with van der Waals surface area (Å²) in [6, 6.07) is 0. The van der Waals surface area contributed by atoms with Gasteiger partial charge in [0.1, 0.15) is 0 Å². The molecule has 0 rings (SSSR count). The summed E-state index contributed by atoms with van der Waals surface area (Å²) in [5, 5.41) is 0. The molecule has 0 unspecified atom stereocenters. The minimum Gasteiger partial charge on any atom is -0.102 e. The minimum absolute atomic E-state index is 0.265. The van der Waals surface area contributed by atoms with E-state index in [4.69, 9.17) is 0 Å². The van der Waals surface area contributed by atoms with Crippen LogP contribution in [0.5, 0.6) is 0 Å². The van der Waals surface area contributed by atoms with E-state index >= 15 is 0 Å². The Morgan fingerprint density at radius 3 is 0.773 bits per heavy atom. The zero-order valence-corrected chi connectivity index (χ0v) is 14.5. The lowest BCUT2D eigenvalue weighted by molar-refractivity contribution is 0.411. The Morgan fingerprint density at radius 2 is 0.636 bits per heavy atom. The molecule has 0 aliphatic rings. The average molecular weight is 321 g/mol. The van der Waals surface area contributed by atoms with Crippen LogP contribution in [0.15, 0.2) is 75.9 Å². The summed E-state index contributed by atoms with van der Waals surface area (Å²) in [6.07, 6.45) is 11.5. The SMILES string of the molecule is C=CCN(CC=C)[S+](N(CC=C)CC=C)N(CC=C)CC=C. The van der Waals surface area contributed by atoms with Crippen molar-refractivity contribution in [2.45, 2.75) is 0 Å². The van der Waals surface area contributed by atoms with Gasteiger partial charge in [0, 0.05) is 0 Å². The monoisotopic (exact) mass is 320 g/mol. The first-order valence-electron chi connectivity index (χ1n) is 7.34. The van der Waals surface area contributed by atoms with E-state index in [1.165, 1.54) is 0 Å². The van der Waals surface area contributed by atoms with E-state index in [2.05, 4.69) is 52.4 Å². The lowest BCUT2D eigenvalue weighted by Gasteiger charge is -2.31. The molecular formula is C18H30N3S+. The molecule has 0 aromatic rings. The lowest BCUT2D eigenvalue weighted by Crippen LogP contribution is -2.54. The molecule has 4 heteroatoms. The zero-order chi connectivity index (χ0) is 16.8. The van der Waals surface area contributed by atoms with Gasteiger partial charge in [-0.1, -0.05) is 49.4 Å². The third-order valence-corrected chi connectivity index (χ3v) is 4.97. The van der Waals surface area contributed by atoms with E-state index in [-0.39, 0.29) is 11.5 Å². The maximum Gasteiger partial charge on any atom is 0.269 e. The molecule has 0 aliphatic carbocycles. The number of hydrogen-bond donors (Lipinski definition) is 0. The van der Waals surface area contributed by atoms with Gasteiger partial charge in [-0.05, 0) is 0 Å². The molecule has 0 saturated carbocycles. The molecule has 0 aromatic carbocycles. The molecule has 22 heavy (non-hydrogen) atoms. The van der Waals surface area contributed by atoms with Gasteiger partial charge in [-0.3, -0.25) is 0 Å². The molecule has 0 saturated heterocycles. The van der Waals surface area contributed by atoms with E-state index < -0.39 is 0 Å². The van der Waals surface area contributed by atoms with Crippen molar-refractivity contribution in [2.75, 3.05) is 39.3 Å². The van der Waals surface area contributed by atoms with Gasteiger partial charge in [0.15, 0.2) is 0 Å². The summed E-state index contributed by atoms with van der Waals surface area (Å²) in [4.78, 5) is 0. The minimum atomic E-state index is -0.265. The van der Waals surface area contributed by atoms with E-state index in [9.17, 15) is 0 Å².